The number of rotatable bonds is 6. The van der Waals surface area contributed by atoms with Gasteiger partial charge in [-0.05, 0) is 67.3 Å². The van der Waals surface area contributed by atoms with E-state index < -0.39 is 15.8 Å². The Labute approximate surface area is 159 Å². The first-order valence-electron chi connectivity index (χ1n) is 9.12. The van der Waals surface area contributed by atoms with Crippen LogP contribution in [0.5, 0.6) is 0 Å². The van der Waals surface area contributed by atoms with Crippen LogP contribution in [-0.2, 0) is 16.4 Å². The first-order valence-corrected chi connectivity index (χ1v) is 10.6. The van der Waals surface area contributed by atoms with Crippen LogP contribution >= 0.6 is 0 Å². The number of hydrogen-bond donors (Lipinski definition) is 1. The zero-order chi connectivity index (χ0) is 19.4. The fraction of sp³-hybridized carbons (Fsp3) is 0.350. The summed E-state index contributed by atoms with van der Waals surface area (Å²) in [6.07, 6.45) is 3.14. The molecule has 3 rings (SSSR count). The average molecular weight is 390 g/mol. The lowest BCUT2D eigenvalue weighted by Crippen LogP contribution is -2.35. The molecule has 0 spiro atoms. The normalized spacial score (nSPS) is 14.1. The molecule has 2 aromatic carbocycles. The molecule has 0 radical (unpaired) electrons. The Hall–Kier alpha value is -2.25. The van der Waals surface area contributed by atoms with E-state index in [-0.39, 0.29) is 10.8 Å². The maximum absolute atomic E-state index is 13.1. The van der Waals surface area contributed by atoms with Crippen molar-refractivity contribution in [3.8, 4) is 0 Å². The smallest absolute Gasteiger partial charge is 0.258 e. The zero-order valence-electron chi connectivity index (χ0n) is 15.2. The molecule has 2 aromatic rings. The Kier molecular flexibility index (Phi) is 5.92. The molecular formula is C20H23FN2O3S. The van der Waals surface area contributed by atoms with Gasteiger partial charge in [0, 0.05) is 24.3 Å². The first kappa shape index (κ1) is 19.5. The van der Waals surface area contributed by atoms with E-state index in [1.54, 1.807) is 17.0 Å². The molecule has 0 saturated heterocycles. The Morgan fingerprint density at radius 2 is 1.93 bits per heavy atom. The fourth-order valence-electron chi connectivity index (χ4n) is 3.17. The van der Waals surface area contributed by atoms with Crippen LogP contribution in [0.2, 0.25) is 0 Å². The van der Waals surface area contributed by atoms with Crippen molar-refractivity contribution in [1.29, 1.82) is 0 Å². The number of carbonyl (C=O) groups excluding carboxylic acids is 1. The molecule has 0 aliphatic carbocycles. The van der Waals surface area contributed by atoms with E-state index in [0.717, 1.165) is 24.8 Å². The number of halogens is 1. The Morgan fingerprint density at radius 3 is 2.63 bits per heavy atom. The van der Waals surface area contributed by atoms with E-state index in [1.807, 2.05) is 6.92 Å². The van der Waals surface area contributed by atoms with Crippen molar-refractivity contribution >= 4 is 21.6 Å². The van der Waals surface area contributed by atoms with E-state index in [9.17, 15) is 17.6 Å². The molecule has 1 heterocycles. The number of sulfonamides is 1. The average Bonchev–Trinajstić information content (AvgIpc) is 2.67. The molecule has 7 heteroatoms. The number of anilines is 1. The number of aryl methyl sites for hydroxylation is 1. The standard InChI is InChI=1S/C20H23FN2O3S/c1-2-3-12-22-27(25,26)18-10-11-19-16(14-18)5-4-13-23(19)20(24)15-6-8-17(21)9-7-15/h6-11,14,22H,2-5,12-13H2,1H3. The highest BCUT2D eigenvalue weighted by Crippen LogP contribution is 2.30. The van der Waals surface area contributed by atoms with Gasteiger partial charge in [-0.2, -0.15) is 0 Å². The summed E-state index contributed by atoms with van der Waals surface area (Å²) >= 11 is 0. The third-order valence-corrected chi connectivity index (χ3v) is 6.10. The molecule has 0 aromatic heterocycles. The third-order valence-electron chi connectivity index (χ3n) is 4.64. The van der Waals surface area contributed by atoms with Crippen molar-refractivity contribution in [3.05, 3.63) is 59.4 Å². The Morgan fingerprint density at radius 1 is 1.19 bits per heavy atom. The molecule has 0 unspecified atom stereocenters. The number of fused-ring (bicyclic) bond motifs is 1. The van der Waals surface area contributed by atoms with Crippen molar-refractivity contribution in [1.82, 2.24) is 4.72 Å². The largest absolute Gasteiger partial charge is 0.308 e. The molecule has 5 nitrogen and oxygen atoms in total. The number of nitrogens with zero attached hydrogens (tertiary/aromatic N) is 1. The zero-order valence-corrected chi connectivity index (χ0v) is 16.1. The second kappa shape index (κ2) is 8.19. The number of amides is 1. The molecule has 0 bridgehead atoms. The number of nitrogens with one attached hydrogen (secondary N) is 1. The van der Waals surface area contributed by atoms with Gasteiger partial charge in [0.15, 0.2) is 0 Å². The SMILES string of the molecule is CCCCNS(=O)(=O)c1ccc2c(c1)CCCN2C(=O)c1ccc(F)cc1. The highest BCUT2D eigenvalue weighted by atomic mass is 32.2. The summed E-state index contributed by atoms with van der Waals surface area (Å²) in [6, 6.07) is 10.3. The lowest BCUT2D eigenvalue weighted by molar-refractivity contribution is 0.0985. The van der Waals surface area contributed by atoms with Crippen molar-refractivity contribution in [2.75, 3.05) is 18.0 Å². The lowest BCUT2D eigenvalue weighted by atomic mass is 10.0. The van der Waals surface area contributed by atoms with Crippen LogP contribution in [0.1, 0.15) is 42.1 Å². The van der Waals surface area contributed by atoms with Crippen LogP contribution in [-0.4, -0.2) is 27.4 Å². The molecule has 27 heavy (non-hydrogen) atoms. The number of hydrogen-bond acceptors (Lipinski definition) is 3. The predicted octanol–water partition coefficient (Wildman–Crippen LogP) is 3.50. The summed E-state index contributed by atoms with van der Waals surface area (Å²) in [5.74, 6) is -0.608. The maximum atomic E-state index is 13.1. The second-order valence-electron chi connectivity index (χ2n) is 6.61. The monoisotopic (exact) mass is 390 g/mol. The van der Waals surface area contributed by atoms with E-state index in [2.05, 4.69) is 4.72 Å². The lowest BCUT2D eigenvalue weighted by Gasteiger charge is -2.30. The minimum atomic E-state index is -3.56. The van der Waals surface area contributed by atoms with Crippen molar-refractivity contribution in [2.24, 2.45) is 0 Å². The van der Waals surface area contributed by atoms with Crippen LogP contribution in [0.15, 0.2) is 47.4 Å². The van der Waals surface area contributed by atoms with Gasteiger partial charge in [0.25, 0.3) is 5.91 Å². The van der Waals surface area contributed by atoms with E-state index >= 15 is 0 Å². The van der Waals surface area contributed by atoms with E-state index in [0.29, 0.717) is 30.8 Å². The summed E-state index contributed by atoms with van der Waals surface area (Å²) < 4.78 is 40.6. The van der Waals surface area contributed by atoms with Gasteiger partial charge in [-0.25, -0.2) is 17.5 Å². The van der Waals surface area contributed by atoms with Gasteiger partial charge < -0.3 is 4.90 Å². The van der Waals surface area contributed by atoms with Crippen LogP contribution in [0.25, 0.3) is 0 Å². The summed E-state index contributed by atoms with van der Waals surface area (Å²) in [4.78, 5) is 14.7. The Bertz CT molecular complexity index is 927. The highest BCUT2D eigenvalue weighted by molar-refractivity contribution is 7.89. The van der Waals surface area contributed by atoms with Gasteiger partial charge in [-0.3, -0.25) is 4.79 Å². The van der Waals surface area contributed by atoms with E-state index in [1.165, 1.54) is 30.3 Å². The molecule has 0 fully saturated rings. The topological polar surface area (TPSA) is 66.5 Å². The summed E-state index contributed by atoms with van der Waals surface area (Å²) in [6.45, 7) is 2.95. The van der Waals surface area contributed by atoms with Crippen LogP contribution < -0.4 is 9.62 Å². The second-order valence-corrected chi connectivity index (χ2v) is 8.38. The molecular weight excluding hydrogens is 367 g/mol. The third kappa shape index (κ3) is 4.36. The van der Waals surface area contributed by atoms with Gasteiger partial charge in [-0.1, -0.05) is 13.3 Å². The van der Waals surface area contributed by atoms with Crippen molar-refractivity contribution in [3.63, 3.8) is 0 Å². The molecule has 1 aliphatic heterocycles. The highest BCUT2D eigenvalue weighted by Gasteiger charge is 2.25. The molecule has 0 atom stereocenters. The van der Waals surface area contributed by atoms with Crippen molar-refractivity contribution in [2.45, 2.75) is 37.5 Å². The van der Waals surface area contributed by atoms with Crippen LogP contribution in [0.4, 0.5) is 10.1 Å². The Balaban J connectivity index is 1.86. The first-order chi connectivity index (χ1) is 12.9. The molecule has 1 amide bonds. The van der Waals surface area contributed by atoms with Gasteiger partial charge in [0.2, 0.25) is 10.0 Å². The minimum absolute atomic E-state index is 0.215. The molecule has 0 saturated carbocycles. The number of benzene rings is 2. The fourth-order valence-corrected chi connectivity index (χ4v) is 4.29. The van der Waals surface area contributed by atoms with Gasteiger partial charge in [0.1, 0.15) is 5.82 Å². The number of unbranched alkanes of at least 4 members (excludes halogenated alkanes) is 1. The quantitative estimate of drug-likeness (QED) is 0.768. The minimum Gasteiger partial charge on any atom is -0.308 e. The van der Waals surface area contributed by atoms with Crippen molar-refractivity contribution < 1.29 is 17.6 Å². The molecule has 1 aliphatic rings. The van der Waals surface area contributed by atoms with Crippen LogP contribution in [0, 0.1) is 5.82 Å². The van der Waals surface area contributed by atoms with E-state index in [4.69, 9.17) is 0 Å². The predicted molar refractivity (Wildman–Crippen MR) is 103 cm³/mol. The van der Waals surface area contributed by atoms with Crippen LogP contribution in [0.3, 0.4) is 0 Å². The summed E-state index contributed by atoms with van der Waals surface area (Å²) in [5.41, 5.74) is 1.94. The number of carbonyl (C=O) groups is 1. The maximum Gasteiger partial charge on any atom is 0.258 e. The molecule has 1 N–H and O–H groups in total. The summed E-state index contributed by atoms with van der Waals surface area (Å²) in [5, 5.41) is 0. The van der Waals surface area contributed by atoms with Gasteiger partial charge in [-0.15, -0.1) is 0 Å². The van der Waals surface area contributed by atoms with Gasteiger partial charge in [0.05, 0.1) is 4.90 Å². The summed E-state index contributed by atoms with van der Waals surface area (Å²) in [7, 11) is -3.56. The molecule has 144 valence electrons. The van der Waals surface area contributed by atoms with Gasteiger partial charge >= 0.3 is 0 Å².